The van der Waals surface area contributed by atoms with E-state index in [0.717, 1.165) is 48.3 Å². The molecule has 2 aromatic heterocycles. The summed E-state index contributed by atoms with van der Waals surface area (Å²) in [7, 11) is 0. The lowest BCUT2D eigenvalue weighted by Gasteiger charge is -2.39. The Morgan fingerprint density at radius 2 is 2.07 bits per heavy atom. The van der Waals surface area contributed by atoms with Gasteiger partial charge in [-0.05, 0) is 63.1 Å². The van der Waals surface area contributed by atoms with Gasteiger partial charge in [0.1, 0.15) is 11.4 Å². The van der Waals surface area contributed by atoms with E-state index in [1.807, 2.05) is 23.2 Å². The number of likely N-dealkylation sites (tertiary alicyclic amines) is 1. The molecule has 3 heterocycles. The maximum Gasteiger partial charge on any atom is 0.270 e. The third-order valence-electron chi connectivity index (χ3n) is 5.79. The first-order valence-electron chi connectivity index (χ1n) is 10.7. The van der Waals surface area contributed by atoms with Crippen LogP contribution < -0.4 is 10.2 Å². The first-order valence-corrected chi connectivity index (χ1v) is 10.7. The lowest BCUT2D eigenvalue weighted by atomic mass is 10.0. The highest BCUT2D eigenvalue weighted by molar-refractivity contribution is 5.98. The Morgan fingerprint density at radius 1 is 1.27 bits per heavy atom. The molecule has 1 fully saturated rings. The van der Waals surface area contributed by atoms with E-state index in [9.17, 15) is 9.90 Å². The quantitative estimate of drug-likeness (QED) is 0.578. The molecule has 0 unspecified atom stereocenters. The minimum absolute atomic E-state index is 0.0124. The Balaban J connectivity index is 1.45. The van der Waals surface area contributed by atoms with E-state index in [4.69, 9.17) is 0 Å². The number of phenols is 1. The third kappa shape index (κ3) is 3.92. The summed E-state index contributed by atoms with van der Waals surface area (Å²) in [6, 6.07) is 11.3. The van der Waals surface area contributed by atoms with Gasteiger partial charge < -0.3 is 25.2 Å². The molecule has 1 aliphatic rings. The fourth-order valence-electron chi connectivity index (χ4n) is 4.32. The van der Waals surface area contributed by atoms with E-state index < -0.39 is 0 Å². The number of carbonyl (C=O) groups is 1. The zero-order valence-electron chi connectivity index (χ0n) is 17.6. The summed E-state index contributed by atoms with van der Waals surface area (Å²) >= 11 is 0. The summed E-state index contributed by atoms with van der Waals surface area (Å²) in [6.07, 6.45) is 3.65. The summed E-state index contributed by atoms with van der Waals surface area (Å²) < 4.78 is 0. The number of pyridine rings is 1. The lowest BCUT2D eigenvalue weighted by Crippen LogP contribution is -2.47. The largest absolute Gasteiger partial charge is 0.508 e. The molecule has 0 spiro atoms. The summed E-state index contributed by atoms with van der Waals surface area (Å²) in [6.45, 7) is 7.39. The maximum absolute atomic E-state index is 13.0. The molecule has 3 N–H and O–H groups in total. The second kappa shape index (κ2) is 8.65. The molecule has 0 atom stereocenters. The molecule has 1 amide bonds. The SMILES string of the molecule is CCNc1cccnc1N(CC)C1CCN(C(=O)c2cc3cc(O)ccc3[nH]2)CC1. The Hall–Kier alpha value is -3.22. The predicted molar refractivity (Wildman–Crippen MR) is 120 cm³/mol. The number of rotatable bonds is 6. The Bertz CT molecular complexity index is 1020. The van der Waals surface area contributed by atoms with Gasteiger partial charge in [-0.1, -0.05) is 0 Å². The highest BCUT2D eigenvalue weighted by atomic mass is 16.3. The van der Waals surface area contributed by atoms with Crippen LogP contribution in [0.2, 0.25) is 0 Å². The average molecular weight is 408 g/mol. The van der Waals surface area contributed by atoms with Crippen LogP contribution in [0.15, 0.2) is 42.6 Å². The molecule has 30 heavy (non-hydrogen) atoms. The van der Waals surface area contributed by atoms with Gasteiger partial charge in [0, 0.05) is 49.3 Å². The third-order valence-corrected chi connectivity index (χ3v) is 5.79. The topological polar surface area (TPSA) is 84.5 Å². The van der Waals surface area contributed by atoms with E-state index >= 15 is 0 Å². The highest BCUT2D eigenvalue weighted by Crippen LogP contribution is 2.29. The molecule has 0 radical (unpaired) electrons. The molecule has 0 saturated carbocycles. The summed E-state index contributed by atoms with van der Waals surface area (Å²) in [5, 5.41) is 13.9. The number of benzene rings is 1. The van der Waals surface area contributed by atoms with Crippen molar-refractivity contribution < 1.29 is 9.90 Å². The number of piperidine rings is 1. The molecule has 1 aliphatic heterocycles. The molecule has 3 aromatic rings. The number of hydrogen-bond donors (Lipinski definition) is 3. The molecule has 4 rings (SSSR count). The van der Waals surface area contributed by atoms with Gasteiger partial charge in [0.25, 0.3) is 5.91 Å². The highest BCUT2D eigenvalue weighted by Gasteiger charge is 2.29. The first kappa shape index (κ1) is 20.1. The number of anilines is 2. The zero-order valence-corrected chi connectivity index (χ0v) is 17.6. The fourth-order valence-corrected chi connectivity index (χ4v) is 4.32. The fraction of sp³-hybridized carbons (Fsp3) is 0.391. The van der Waals surface area contributed by atoms with Crippen molar-refractivity contribution in [3.05, 3.63) is 48.3 Å². The standard InChI is InChI=1S/C23H29N5O2/c1-3-24-20-6-5-11-25-22(20)28(4-2)17-9-12-27(13-10-17)23(30)21-15-16-14-18(29)7-8-19(16)26-21/h5-8,11,14-15,17,24,26,29H,3-4,9-10,12-13H2,1-2H3. The van der Waals surface area contributed by atoms with E-state index in [2.05, 4.69) is 40.1 Å². The number of phenolic OH excluding ortho intramolecular Hbond substituents is 1. The minimum atomic E-state index is 0.0124. The Kier molecular flexibility index (Phi) is 5.79. The van der Waals surface area contributed by atoms with E-state index in [-0.39, 0.29) is 11.7 Å². The van der Waals surface area contributed by atoms with Gasteiger partial charge in [-0.25, -0.2) is 4.98 Å². The van der Waals surface area contributed by atoms with Gasteiger partial charge >= 0.3 is 0 Å². The van der Waals surface area contributed by atoms with Gasteiger partial charge in [0.2, 0.25) is 0 Å². The number of amides is 1. The molecule has 0 aliphatic carbocycles. The van der Waals surface area contributed by atoms with Crippen molar-refractivity contribution in [2.24, 2.45) is 0 Å². The monoisotopic (exact) mass is 407 g/mol. The molecule has 1 aromatic carbocycles. The van der Waals surface area contributed by atoms with Crippen LogP contribution in [0.4, 0.5) is 11.5 Å². The molecular formula is C23H29N5O2. The molecule has 0 bridgehead atoms. The molecule has 7 nitrogen and oxygen atoms in total. The second-order valence-corrected chi connectivity index (χ2v) is 7.67. The number of aromatic nitrogens is 2. The van der Waals surface area contributed by atoms with E-state index in [1.165, 1.54) is 0 Å². The Morgan fingerprint density at radius 3 is 2.80 bits per heavy atom. The molecule has 7 heteroatoms. The Labute approximate surface area is 176 Å². The van der Waals surface area contributed by atoms with Crippen LogP contribution in [-0.4, -0.2) is 58.1 Å². The van der Waals surface area contributed by atoms with Crippen LogP contribution in [0.3, 0.4) is 0 Å². The molecule has 158 valence electrons. The lowest BCUT2D eigenvalue weighted by molar-refractivity contribution is 0.0707. The van der Waals surface area contributed by atoms with E-state index in [1.54, 1.807) is 18.2 Å². The number of aromatic amines is 1. The van der Waals surface area contributed by atoms with Crippen LogP contribution in [0.1, 0.15) is 37.2 Å². The van der Waals surface area contributed by atoms with Gasteiger partial charge in [-0.15, -0.1) is 0 Å². The molecule has 1 saturated heterocycles. The van der Waals surface area contributed by atoms with Crippen molar-refractivity contribution in [1.29, 1.82) is 0 Å². The summed E-state index contributed by atoms with van der Waals surface area (Å²) in [5.74, 6) is 1.20. The smallest absolute Gasteiger partial charge is 0.270 e. The van der Waals surface area contributed by atoms with Crippen molar-refractivity contribution in [3.63, 3.8) is 0 Å². The number of nitrogens with zero attached hydrogens (tertiary/aromatic N) is 3. The van der Waals surface area contributed by atoms with Crippen LogP contribution >= 0.6 is 0 Å². The number of hydrogen-bond acceptors (Lipinski definition) is 5. The summed E-state index contributed by atoms with van der Waals surface area (Å²) in [5.41, 5.74) is 2.48. The average Bonchev–Trinajstić information content (AvgIpc) is 3.19. The van der Waals surface area contributed by atoms with E-state index in [0.29, 0.717) is 24.8 Å². The molecular weight excluding hydrogens is 378 g/mol. The first-order chi connectivity index (χ1) is 14.6. The predicted octanol–water partition coefficient (Wildman–Crippen LogP) is 3.83. The number of H-pyrrole nitrogens is 1. The zero-order chi connectivity index (χ0) is 21.1. The number of aromatic hydroxyl groups is 1. The van der Waals surface area contributed by atoms with Gasteiger partial charge in [0.15, 0.2) is 5.82 Å². The van der Waals surface area contributed by atoms with Crippen LogP contribution in [0.25, 0.3) is 10.9 Å². The van der Waals surface area contributed by atoms with Crippen LogP contribution in [0.5, 0.6) is 5.75 Å². The van der Waals surface area contributed by atoms with Crippen molar-refractivity contribution >= 4 is 28.3 Å². The van der Waals surface area contributed by atoms with Crippen molar-refractivity contribution in [2.45, 2.75) is 32.7 Å². The van der Waals surface area contributed by atoms with Gasteiger partial charge in [-0.2, -0.15) is 0 Å². The minimum Gasteiger partial charge on any atom is -0.508 e. The van der Waals surface area contributed by atoms with Gasteiger partial charge in [0.05, 0.1) is 5.69 Å². The normalized spacial score (nSPS) is 14.8. The van der Waals surface area contributed by atoms with Crippen molar-refractivity contribution in [3.8, 4) is 5.75 Å². The number of carbonyl (C=O) groups excluding carboxylic acids is 1. The van der Waals surface area contributed by atoms with Crippen molar-refractivity contribution in [1.82, 2.24) is 14.9 Å². The second-order valence-electron chi connectivity index (χ2n) is 7.67. The number of fused-ring (bicyclic) bond motifs is 1. The number of nitrogens with one attached hydrogen (secondary N) is 2. The van der Waals surface area contributed by atoms with Gasteiger partial charge in [-0.3, -0.25) is 4.79 Å². The maximum atomic E-state index is 13.0. The van der Waals surface area contributed by atoms with Crippen LogP contribution in [-0.2, 0) is 0 Å². The van der Waals surface area contributed by atoms with Crippen molar-refractivity contribution in [2.75, 3.05) is 36.4 Å². The van der Waals surface area contributed by atoms with Crippen LogP contribution in [0, 0.1) is 0 Å². The summed E-state index contributed by atoms with van der Waals surface area (Å²) in [4.78, 5) is 25.1.